The van der Waals surface area contributed by atoms with Crippen molar-refractivity contribution in [3.63, 3.8) is 0 Å². The Bertz CT molecular complexity index is 1110. The molecule has 1 aliphatic rings. The molecule has 2 heterocycles. The Labute approximate surface area is 181 Å². The number of piperidine rings is 1. The molecule has 1 aromatic heterocycles. The lowest BCUT2D eigenvalue weighted by Crippen LogP contribution is -2.30. The Balaban J connectivity index is 1.68. The van der Waals surface area contributed by atoms with Crippen LogP contribution in [-0.2, 0) is 0 Å². The number of benzene rings is 2. The summed E-state index contributed by atoms with van der Waals surface area (Å²) in [6, 6.07) is 7.75. The van der Waals surface area contributed by atoms with Crippen LogP contribution in [0.1, 0.15) is 17.0 Å². The predicted molar refractivity (Wildman–Crippen MR) is 115 cm³/mol. The highest BCUT2D eigenvalue weighted by molar-refractivity contribution is 9.10. The van der Waals surface area contributed by atoms with Crippen LogP contribution in [0.25, 0.3) is 10.9 Å². The van der Waals surface area contributed by atoms with E-state index in [0.717, 1.165) is 25.9 Å². The molecule has 0 radical (unpaired) electrons. The second-order valence-corrected chi connectivity index (χ2v) is 7.81. The van der Waals surface area contributed by atoms with Crippen LogP contribution < -0.4 is 20.1 Å². The minimum absolute atomic E-state index is 0.0561. The zero-order valence-corrected chi connectivity index (χ0v) is 17.1. The second-order valence-electron chi connectivity index (χ2n) is 6.89. The first-order valence-corrected chi connectivity index (χ1v) is 10.1. The average molecular weight is 464 g/mol. The summed E-state index contributed by atoms with van der Waals surface area (Å²) in [6.45, 7) is 2.31. The van der Waals surface area contributed by atoms with Gasteiger partial charge in [0, 0.05) is 15.9 Å². The highest BCUT2D eigenvalue weighted by Crippen LogP contribution is 2.35. The number of ether oxygens (including phenoxy) is 2. The third-order valence-corrected chi connectivity index (χ3v) is 5.42. The van der Waals surface area contributed by atoms with Gasteiger partial charge in [-0.25, -0.2) is 14.4 Å². The molecule has 0 amide bonds. The molecule has 1 saturated heterocycles. The van der Waals surface area contributed by atoms with E-state index in [1.807, 2.05) is 0 Å². The number of aromatic nitrogens is 2. The highest BCUT2D eigenvalue weighted by Gasteiger charge is 2.17. The van der Waals surface area contributed by atoms with E-state index in [1.165, 1.54) is 18.5 Å². The smallest absolute Gasteiger partial charge is 0.163 e. The standard InChI is InChI=1S/C21H22BrFN4O2/c1-28-19-9-15-18(10-20(19)29-11-13-4-6-24-7-5-13)25-12-26-21(15)27-17-3-2-14(22)8-16(17)23/h2-3,8-10,12-13,24H,4-7,11H2,1H3,(H,25,26,27)/i1D3. The largest absolute Gasteiger partial charge is 0.493 e. The van der Waals surface area contributed by atoms with Gasteiger partial charge < -0.3 is 20.1 Å². The third-order valence-electron chi connectivity index (χ3n) is 4.93. The van der Waals surface area contributed by atoms with Crippen LogP contribution in [0.3, 0.4) is 0 Å². The number of nitrogens with one attached hydrogen (secondary N) is 2. The van der Waals surface area contributed by atoms with Gasteiger partial charge in [-0.05, 0) is 56.1 Å². The molecule has 6 nitrogen and oxygen atoms in total. The minimum atomic E-state index is -2.67. The zero-order valence-electron chi connectivity index (χ0n) is 18.5. The van der Waals surface area contributed by atoms with Gasteiger partial charge in [0.1, 0.15) is 18.0 Å². The molecular formula is C21H22BrFN4O2. The summed E-state index contributed by atoms with van der Waals surface area (Å²) >= 11 is 3.23. The van der Waals surface area contributed by atoms with Crippen LogP contribution in [0.2, 0.25) is 0 Å². The van der Waals surface area contributed by atoms with Gasteiger partial charge in [-0.15, -0.1) is 0 Å². The molecule has 0 aliphatic carbocycles. The Morgan fingerprint density at radius 1 is 1.24 bits per heavy atom. The first kappa shape index (κ1) is 16.4. The van der Waals surface area contributed by atoms with Crippen LogP contribution in [-0.4, -0.2) is 36.7 Å². The van der Waals surface area contributed by atoms with Gasteiger partial charge in [-0.1, -0.05) is 15.9 Å². The van der Waals surface area contributed by atoms with Crippen molar-refractivity contribution in [2.75, 3.05) is 32.1 Å². The number of rotatable bonds is 6. The Morgan fingerprint density at radius 2 is 2.10 bits per heavy atom. The maximum Gasteiger partial charge on any atom is 0.163 e. The monoisotopic (exact) mass is 463 g/mol. The first-order valence-electron chi connectivity index (χ1n) is 10.8. The van der Waals surface area contributed by atoms with Crippen molar-refractivity contribution in [1.82, 2.24) is 15.3 Å². The van der Waals surface area contributed by atoms with Gasteiger partial charge >= 0.3 is 0 Å². The van der Waals surface area contributed by atoms with E-state index in [4.69, 9.17) is 13.6 Å². The molecule has 0 saturated carbocycles. The normalized spacial score (nSPS) is 16.7. The Morgan fingerprint density at radius 3 is 2.90 bits per heavy atom. The van der Waals surface area contributed by atoms with Crippen molar-refractivity contribution in [2.24, 2.45) is 5.92 Å². The van der Waals surface area contributed by atoms with Crippen LogP contribution in [0, 0.1) is 11.7 Å². The molecule has 2 aromatic carbocycles. The Hall–Kier alpha value is -2.45. The summed E-state index contributed by atoms with van der Waals surface area (Å²) in [7, 11) is -2.67. The van der Waals surface area contributed by atoms with E-state index < -0.39 is 12.9 Å². The SMILES string of the molecule is [2H]C([2H])([2H])Oc1cc2c(Nc3ccc(Br)cc3F)ncnc2cc1OCC1CCNCC1. The molecule has 1 aliphatic heterocycles. The molecule has 1 fully saturated rings. The van der Waals surface area contributed by atoms with Gasteiger partial charge in [0.15, 0.2) is 11.5 Å². The van der Waals surface area contributed by atoms with Gasteiger partial charge in [0.25, 0.3) is 0 Å². The summed E-state index contributed by atoms with van der Waals surface area (Å²) in [5.41, 5.74) is 0.732. The predicted octanol–water partition coefficient (Wildman–Crippen LogP) is 4.66. The molecule has 3 aromatic rings. The molecule has 0 bridgehead atoms. The molecule has 4 rings (SSSR count). The molecular weight excluding hydrogens is 439 g/mol. The fourth-order valence-corrected chi connectivity index (χ4v) is 3.66. The van der Waals surface area contributed by atoms with Crippen LogP contribution in [0.4, 0.5) is 15.9 Å². The van der Waals surface area contributed by atoms with Crippen LogP contribution in [0.5, 0.6) is 11.5 Å². The summed E-state index contributed by atoms with van der Waals surface area (Å²) in [5.74, 6) is 0.575. The summed E-state index contributed by atoms with van der Waals surface area (Å²) in [6.07, 6.45) is 3.32. The van der Waals surface area contributed by atoms with Crippen LogP contribution >= 0.6 is 15.9 Å². The molecule has 8 heteroatoms. The minimum Gasteiger partial charge on any atom is -0.493 e. The number of hydrogen-bond donors (Lipinski definition) is 2. The lowest BCUT2D eigenvalue weighted by molar-refractivity contribution is 0.208. The summed E-state index contributed by atoms with van der Waals surface area (Å²) < 4.78 is 48.7. The zero-order chi connectivity index (χ0) is 22.7. The molecule has 152 valence electrons. The number of hydrogen-bond acceptors (Lipinski definition) is 6. The first-order chi connectivity index (χ1) is 15.3. The fourth-order valence-electron chi connectivity index (χ4n) is 3.33. The van der Waals surface area contributed by atoms with Crippen LogP contribution in [0.15, 0.2) is 41.1 Å². The van der Waals surface area contributed by atoms with Crippen molar-refractivity contribution in [2.45, 2.75) is 12.8 Å². The van der Waals surface area contributed by atoms with E-state index in [0.29, 0.717) is 39.5 Å². The van der Waals surface area contributed by atoms with Gasteiger partial charge in [-0.3, -0.25) is 0 Å². The lowest BCUT2D eigenvalue weighted by atomic mass is 9.99. The van der Waals surface area contributed by atoms with E-state index in [1.54, 1.807) is 18.2 Å². The van der Waals surface area contributed by atoms with E-state index in [2.05, 4.69) is 36.5 Å². The Kier molecular flexibility index (Phi) is 5.03. The van der Waals surface area contributed by atoms with E-state index in [9.17, 15) is 4.39 Å². The van der Waals surface area contributed by atoms with E-state index >= 15 is 0 Å². The van der Waals surface area contributed by atoms with Crippen molar-refractivity contribution in [3.8, 4) is 11.5 Å². The van der Waals surface area contributed by atoms with Gasteiger partial charge in [-0.2, -0.15) is 0 Å². The fraction of sp³-hybridized carbons (Fsp3) is 0.333. The summed E-state index contributed by atoms with van der Waals surface area (Å²) in [4.78, 5) is 8.48. The second kappa shape index (κ2) is 8.92. The maximum absolute atomic E-state index is 14.3. The average Bonchev–Trinajstić information content (AvgIpc) is 2.74. The lowest BCUT2D eigenvalue weighted by Gasteiger charge is -2.23. The number of methoxy groups -OCH3 is 1. The number of anilines is 2. The topological polar surface area (TPSA) is 68.3 Å². The van der Waals surface area contributed by atoms with Gasteiger partial charge in [0.2, 0.25) is 0 Å². The number of fused-ring (bicyclic) bond motifs is 1. The quantitative estimate of drug-likeness (QED) is 0.553. The number of nitrogens with zero attached hydrogens (tertiary/aromatic N) is 2. The van der Waals surface area contributed by atoms with Crippen molar-refractivity contribution in [1.29, 1.82) is 0 Å². The van der Waals surface area contributed by atoms with E-state index in [-0.39, 0.29) is 11.4 Å². The molecule has 2 N–H and O–H groups in total. The van der Waals surface area contributed by atoms with Crippen molar-refractivity contribution < 1.29 is 18.0 Å². The highest BCUT2D eigenvalue weighted by atomic mass is 79.9. The summed E-state index contributed by atoms with van der Waals surface area (Å²) in [5, 5.41) is 6.72. The molecule has 0 unspecified atom stereocenters. The third kappa shape index (κ3) is 4.59. The number of halogens is 2. The molecule has 29 heavy (non-hydrogen) atoms. The van der Waals surface area contributed by atoms with Crippen molar-refractivity contribution in [3.05, 3.63) is 46.9 Å². The molecule has 0 atom stereocenters. The van der Waals surface area contributed by atoms with Crippen molar-refractivity contribution >= 4 is 38.3 Å². The van der Waals surface area contributed by atoms with Gasteiger partial charge in [0.05, 0.1) is 29.0 Å². The maximum atomic E-state index is 14.3. The molecule has 0 spiro atoms.